The number of aryl methyl sites for hydroxylation is 1. The number of aromatic nitrogens is 1. The molecule has 0 spiro atoms. The van der Waals surface area contributed by atoms with Crippen molar-refractivity contribution in [3.63, 3.8) is 0 Å². The topological polar surface area (TPSA) is 60.1 Å². The van der Waals surface area contributed by atoms with Crippen LogP contribution in [0.15, 0.2) is 30.3 Å². The Balaban J connectivity index is 2.23. The lowest BCUT2D eigenvalue weighted by molar-refractivity contribution is 0.0952. The summed E-state index contributed by atoms with van der Waals surface area (Å²) in [6.07, 6.45) is 0.739. The maximum Gasteiger partial charge on any atom is 0.253 e. The summed E-state index contributed by atoms with van der Waals surface area (Å²) in [7, 11) is 0. The summed E-state index contributed by atoms with van der Waals surface area (Å²) in [5.74, 6) is -0.387. The predicted molar refractivity (Wildman–Crippen MR) is 85.8 cm³/mol. The molecular formula is C17H22FN3O. The summed E-state index contributed by atoms with van der Waals surface area (Å²) in [5.41, 5.74) is 8.91. The molecule has 0 saturated carbocycles. The number of nitrogens with one attached hydrogen (secondary N) is 1. The van der Waals surface area contributed by atoms with Crippen molar-refractivity contribution in [3.05, 3.63) is 53.1 Å². The van der Waals surface area contributed by atoms with Gasteiger partial charge < -0.3 is 15.6 Å². The largest absolute Gasteiger partial charge is 0.352 e. The van der Waals surface area contributed by atoms with Gasteiger partial charge in [-0.25, -0.2) is 4.39 Å². The number of amides is 1. The van der Waals surface area contributed by atoms with E-state index in [1.165, 1.54) is 12.1 Å². The maximum atomic E-state index is 13.1. The SMILES string of the molecule is Cc1cc(C(=O)NCCC(C)N)c(C)n1-c1ccc(F)cc1. The molecule has 1 atom stereocenters. The van der Waals surface area contributed by atoms with Crippen molar-refractivity contribution in [2.45, 2.75) is 33.2 Å². The Morgan fingerprint density at radius 1 is 1.32 bits per heavy atom. The molecular weight excluding hydrogens is 281 g/mol. The summed E-state index contributed by atoms with van der Waals surface area (Å²) < 4.78 is 15.0. The van der Waals surface area contributed by atoms with Gasteiger partial charge in [-0.1, -0.05) is 0 Å². The normalized spacial score (nSPS) is 12.2. The fraction of sp³-hybridized carbons (Fsp3) is 0.353. The van der Waals surface area contributed by atoms with Crippen molar-refractivity contribution in [2.24, 2.45) is 5.73 Å². The third-order valence-electron chi connectivity index (χ3n) is 3.65. The van der Waals surface area contributed by atoms with Crippen LogP contribution >= 0.6 is 0 Å². The van der Waals surface area contributed by atoms with E-state index in [0.29, 0.717) is 12.1 Å². The minimum atomic E-state index is -0.278. The van der Waals surface area contributed by atoms with Crippen molar-refractivity contribution in [3.8, 4) is 5.69 Å². The van der Waals surface area contributed by atoms with E-state index in [1.54, 1.807) is 12.1 Å². The molecule has 0 fully saturated rings. The first-order chi connectivity index (χ1) is 10.4. The zero-order chi connectivity index (χ0) is 16.3. The summed E-state index contributed by atoms with van der Waals surface area (Å²) in [5, 5.41) is 2.88. The third kappa shape index (κ3) is 3.54. The maximum absolute atomic E-state index is 13.1. The Bertz CT molecular complexity index is 659. The Hall–Kier alpha value is -2.14. The Morgan fingerprint density at radius 3 is 2.55 bits per heavy atom. The van der Waals surface area contributed by atoms with Gasteiger partial charge in [0.15, 0.2) is 0 Å². The molecule has 5 heteroatoms. The highest BCUT2D eigenvalue weighted by atomic mass is 19.1. The second-order valence-corrected chi connectivity index (χ2v) is 5.62. The van der Waals surface area contributed by atoms with Crippen LogP contribution in [-0.2, 0) is 0 Å². The van der Waals surface area contributed by atoms with Crippen LogP contribution in [0.1, 0.15) is 35.1 Å². The van der Waals surface area contributed by atoms with Crippen LogP contribution in [0, 0.1) is 19.7 Å². The van der Waals surface area contributed by atoms with Gasteiger partial charge in [0.2, 0.25) is 0 Å². The van der Waals surface area contributed by atoms with Crippen LogP contribution in [-0.4, -0.2) is 23.1 Å². The van der Waals surface area contributed by atoms with Crippen molar-refractivity contribution in [1.29, 1.82) is 0 Å². The van der Waals surface area contributed by atoms with Crippen molar-refractivity contribution < 1.29 is 9.18 Å². The minimum absolute atomic E-state index is 0.0620. The number of hydrogen-bond acceptors (Lipinski definition) is 2. The second kappa shape index (κ2) is 6.75. The molecule has 0 aliphatic heterocycles. The number of carbonyl (C=O) groups excluding carboxylic acids is 1. The fourth-order valence-electron chi connectivity index (χ4n) is 2.49. The molecule has 1 heterocycles. The standard InChI is InChI=1S/C17H22FN3O/c1-11(19)8-9-20-17(22)16-10-12(2)21(13(16)3)15-6-4-14(18)5-7-15/h4-7,10-11H,8-9,19H2,1-3H3,(H,20,22). The number of carbonyl (C=O) groups is 1. The van der Waals surface area contributed by atoms with Crippen LogP contribution in [0.3, 0.4) is 0 Å². The Morgan fingerprint density at radius 2 is 1.95 bits per heavy atom. The lowest BCUT2D eigenvalue weighted by Gasteiger charge is -2.10. The van der Waals surface area contributed by atoms with Crippen LogP contribution in [0.4, 0.5) is 4.39 Å². The van der Waals surface area contributed by atoms with Crippen molar-refractivity contribution in [2.75, 3.05) is 6.54 Å². The molecule has 2 aromatic rings. The summed E-state index contributed by atoms with van der Waals surface area (Å²) in [4.78, 5) is 12.3. The molecule has 3 N–H and O–H groups in total. The average Bonchev–Trinajstić information content (AvgIpc) is 2.75. The first kappa shape index (κ1) is 16.2. The number of nitrogens with two attached hydrogens (primary N) is 1. The van der Waals surface area contributed by atoms with Gasteiger partial charge in [0.25, 0.3) is 5.91 Å². The van der Waals surface area contributed by atoms with Crippen molar-refractivity contribution >= 4 is 5.91 Å². The minimum Gasteiger partial charge on any atom is -0.352 e. The monoisotopic (exact) mass is 303 g/mol. The van der Waals surface area contributed by atoms with Crippen LogP contribution in [0.2, 0.25) is 0 Å². The zero-order valence-corrected chi connectivity index (χ0v) is 13.2. The predicted octanol–water partition coefficient (Wildman–Crippen LogP) is 2.70. The molecule has 22 heavy (non-hydrogen) atoms. The van der Waals surface area contributed by atoms with Gasteiger partial charge in [-0.2, -0.15) is 0 Å². The number of rotatable bonds is 5. The molecule has 0 aliphatic rings. The summed E-state index contributed by atoms with van der Waals surface area (Å²) >= 11 is 0. The number of hydrogen-bond donors (Lipinski definition) is 2. The summed E-state index contributed by atoms with van der Waals surface area (Å²) in [6, 6.07) is 8.14. The zero-order valence-electron chi connectivity index (χ0n) is 13.2. The van der Waals surface area contributed by atoms with E-state index in [9.17, 15) is 9.18 Å². The Kier molecular flexibility index (Phi) is 4.98. The molecule has 0 radical (unpaired) electrons. The van der Waals surface area contributed by atoms with Crippen LogP contribution in [0.25, 0.3) is 5.69 Å². The van der Waals surface area contributed by atoms with Crippen molar-refractivity contribution in [1.82, 2.24) is 9.88 Å². The van der Waals surface area contributed by atoms with Gasteiger partial charge in [-0.3, -0.25) is 4.79 Å². The van der Waals surface area contributed by atoms with Gasteiger partial charge >= 0.3 is 0 Å². The smallest absolute Gasteiger partial charge is 0.253 e. The van der Waals surface area contributed by atoms with E-state index in [2.05, 4.69) is 5.32 Å². The lowest BCUT2D eigenvalue weighted by atomic mass is 10.2. The molecule has 0 saturated heterocycles. The molecule has 0 aliphatic carbocycles. The number of benzene rings is 1. The first-order valence-electron chi connectivity index (χ1n) is 7.39. The highest BCUT2D eigenvalue weighted by Crippen LogP contribution is 2.21. The van der Waals surface area contributed by atoms with Gasteiger partial charge in [-0.15, -0.1) is 0 Å². The van der Waals surface area contributed by atoms with E-state index in [1.807, 2.05) is 31.4 Å². The highest BCUT2D eigenvalue weighted by molar-refractivity contribution is 5.95. The molecule has 1 unspecified atom stereocenters. The van der Waals surface area contributed by atoms with Gasteiger partial charge in [-0.05, 0) is 57.5 Å². The van der Waals surface area contributed by atoms with E-state index in [0.717, 1.165) is 23.5 Å². The molecule has 4 nitrogen and oxygen atoms in total. The molecule has 1 amide bonds. The van der Waals surface area contributed by atoms with E-state index >= 15 is 0 Å². The van der Waals surface area contributed by atoms with E-state index in [4.69, 9.17) is 5.73 Å². The van der Waals surface area contributed by atoms with E-state index < -0.39 is 0 Å². The quantitative estimate of drug-likeness (QED) is 0.892. The average molecular weight is 303 g/mol. The van der Waals surface area contributed by atoms with Crippen LogP contribution < -0.4 is 11.1 Å². The molecule has 118 valence electrons. The van der Waals surface area contributed by atoms with Crippen LogP contribution in [0.5, 0.6) is 0 Å². The highest BCUT2D eigenvalue weighted by Gasteiger charge is 2.16. The molecule has 1 aromatic heterocycles. The molecule has 2 rings (SSSR count). The number of nitrogens with zero attached hydrogens (tertiary/aromatic N) is 1. The first-order valence-corrected chi connectivity index (χ1v) is 7.39. The van der Waals surface area contributed by atoms with E-state index in [-0.39, 0.29) is 17.8 Å². The molecule has 0 bridgehead atoms. The number of halogens is 1. The third-order valence-corrected chi connectivity index (χ3v) is 3.65. The Labute approximate surface area is 130 Å². The summed E-state index contributed by atoms with van der Waals surface area (Å²) in [6.45, 7) is 6.27. The van der Waals surface area contributed by atoms with Gasteiger partial charge in [0, 0.05) is 29.7 Å². The second-order valence-electron chi connectivity index (χ2n) is 5.62. The molecule has 1 aromatic carbocycles. The fourth-order valence-corrected chi connectivity index (χ4v) is 2.49. The lowest BCUT2D eigenvalue weighted by Crippen LogP contribution is -2.29. The van der Waals surface area contributed by atoms with Gasteiger partial charge in [0.1, 0.15) is 5.82 Å². The van der Waals surface area contributed by atoms with Gasteiger partial charge in [0.05, 0.1) is 5.56 Å².